The van der Waals surface area contributed by atoms with Gasteiger partial charge in [0.1, 0.15) is 24.2 Å². The van der Waals surface area contributed by atoms with E-state index in [0.717, 1.165) is 0 Å². The van der Waals surface area contributed by atoms with Gasteiger partial charge in [-0.2, -0.15) is 25.3 Å². The zero-order valence-electron chi connectivity index (χ0n) is 14.4. The molecule has 1 fully saturated rings. The van der Waals surface area contributed by atoms with E-state index in [1.54, 1.807) is 0 Å². The largest absolute Gasteiger partial charge is 0.480 e. The lowest BCUT2D eigenvalue weighted by molar-refractivity contribution is -0.145. The molecule has 12 nitrogen and oxygen atoms in total. The number of hydrogen-bond acceptors (Lipinski definition) is 8. The van der Waals surface area contributed by atoms with Crippen LogP contribution in [0.4, 0.5) is 0 Å². The van der Waals surface area contributed by atoms with Crippen LogP contribution in [0.15, 0.2) is 0 Å². The molecular formula is C14H20N4O8S2. The SMILES string of the molecule is O=C1C[C@H](C(=O)O)NC(=O)[C@H](CS)NC(=O)C[C@H](C(=O)O)NC(=O)[C@H](CS)N1. The third kappa shape index (κ3) is 6.92. The summed E-state index contributed by atoms with van der Waals surface area (Å²) in [5.74, 6) is -7.03. The molecule has 156 valence electrons. The molecule has 1 saturated heterocycles. The molecule has 0 saturated carbocycles. The molecule has 6 N–H and O–H groups in total. The first-order chi connectivity index (χ1) is 13.1. The van der Waals surface area contributed by atoms with Gasteiger partial charge in [0.05, 0.1) is 12.8 Å². The Hall–Kier alpha value is -2.48. The van der Waals surface area contributed by atoms with Gasteiger partial charge in [0.15, 0.2) is 0 Å². The van der Waals surface area contributed by atoms with Crippen molar-refractivity contribution in [2.75, 3.05) is 11.5 Å². The van der Waals surface area contributed by atoms with Crippen molar-refractivity contribution in [2.24, 2.45) is 0 Å². The van der Waals surface area contributed by atoms with Crippen molar-refractivity contribution < 1.29 is 39.0 Å². The average Bonchev–Trinajstić information content (AvgIpc) is 2.61. The Labute approximate surface area is 170 Å². The number of hydrogen-bond donors (Lipinski definition) is 8. The van der Waals surface area contributed by atoms with Gasteiger partial charge in [0.25, 0.3) is 0 Å². The van der Waals surface area contributed by atoms with E-state index in [9.17, 15) is 39.0 Å². The number of carbonyl (C=O) groups excluding carboxylic acids is 4. The average molecular weight is 436 g/mol. The van der Waals surface area contributed by atoms with Crippen molar-refractivity contribution in [2.45, 2.75) is 37.0 Å². The normalized spacial score (nSPS) is 27.5. The first-order valence-electron chi connectivity index (χ1n) is 7.95. The fraction of sp³-hybridized carbons (Fsp3) is 0.571. The molecule has 14 heteroatoms. The van der Waals surface area contributed by atoms with E-state index in [1.807, 2.05) is 0 Å². The van der Waals surface area contributed by atoms with Gasteiger partial charge in [0.2, 0.25) is 23.6 Å². The number of aliphatic carboxylic acids is 2. The molecule has 28 heavy (non-hydrogen) atoms. The lowest BCUT2D eigenvalue weighted by Gasteiger charge is -2.24. The molecule has 0 aromatic heterocycles. The van der Waals surface area contributed by atoms with Crippen LogP contribution in [0.25, 0.3) is 0 Å². The minimum atomic E-state index is -1.62. The van der Waals surface area contributed by atoms with Crippen LogP contribution in [0, 0.1) is 0 Å². The number of nitrogens with one attached hydrogen (secondary N) is 4. The first kappa shape index (κ1) is 23.6. The van der Waals surface area contributed by atoms with Crippen LogP contribution in [-0.4, -0.2) is 81.5 Å². The Morgan fingerprint density at radius 1 is 0.750 bits per heavy atom. The van der Waals surface area contributed by atoms with E-state index in [1.165, 1.54) is 0 Å². The third-order valence-electron chi connectivity index (χ3n) is 3.68. The summed E-state index contributed by atoms with van der Waals surface area (Å²) in [6.45, 7) is 0. The van der Waals surface area contributed by atoms with Crippen LogP contribution in [-0.2, 0) is 28.8 Å². The van der Waals surface area contributed by atoms with Crippen LogP contribution in [0.2, 0.25) is 0 Å². The van der Waals surface area contributed by atoms with E-state index in [-0.39, 0.29) is 11.5 Å². The lowest BCUT2D eigenvalue weighted by atomic mass is 10.1. The summed E-state index contributed by atoms with van der Waals surface area (Å²) in [5.41, 5.74) is 0. The quantitative estimate of drug-likeness (QED) is 0.211. The highest BCUT2D eigenvalue weighted by molar-refractivity contribution is 7.80. The Morgan fingerprint density at radius 3 is 1.32 bits per heavy atom. The number of carboxylic acid groups (broad SMARTS) is 2. The molecule has 4 atom stereocenters. The van der Waals surface area contributed by atoms with Crippen LogP contribution in [0.5, 0.6) is 0 Å². The van der Waals surface area contributed by atoms with Crippen molar-refractivity contribution in [3.8, 4) is 0 Å². The Morgan fingerprint density at radius 2 is 1.07 bits per heavy atom. The van der Waals surface area contributed by atoms with Gasteiger partial charge in [-0.1, -0.05) is 0 Å². The fourth-order valence-electron chi connectivity index (χ4n) is 2.21. The number of thiol groups is 2. The Balaban J connectivity index is 3.18. The van der Waals surface area contributed by atoms with Crippen LogP contribution >= 0.6 is 25.3 Å². The van der Waals surface area contributed by atoms with Crippen molar-refractivity contribution in [3.63, 3.8) is 0 Å². The molecule has 4 amide bonds. The Kier molecular flexibility index (Phi) is 9.05. The highest BCUT2D eigenvalue weighted by atomic mass is 32.1. The van der Waals surface area contributed by atoms with Crippen LogP contribution < -0.4 is 21.3 Å². The molecule has 0 spiro atoms. The molecule has 1 aliphatic heterocycles. The summed E-state index contributed by atoms with van der Waals surface area (Å²) in [7, 11) is 0. The van der Waals surface area contributed by atoms with Gasteiger partial charge in [-0.3, -0.25) is 19.2 Å². The third-order valence-corrected chi connectivity index (χ3v) is 4.41. The topological polar surface area (TPSA) is 191 Å². The Bertz CT molecular complexity index is 618. The summed E-state index contributed by atoms with van der Waals surface area (Å²) < 4.78 is 0. The highest BCUT2D eigenvalue weighted by Gasteiger charge is 2.32. The van der Waals surface area contributed by atoms with Gasteiger partial charge in [0, 0.05) is 11.5 Å². The first-order valence-corrected chi connectivity index (χ1v) is 9.22. The van der Waals surface area contributed by atoms with E-state index < -0.39 is 72.6 Å². The van der Waals surface area contributed by atoms with E-state index >= 15 is 0 Å². The predicted octanol–water partition coefficient (Wildman–Crippen LogP) is -3.25. The number of rotatable bonds is 4. The van der Waals surface area contributed by atoms with Gasteiger partial charge >= 0.3 is 11.9 Å². The molecule has 0 unspecified atom stereocenters. The summed E-state index contributed by atoms with van der Waals surface area (Å²) in [4.78, 5) is 71.2. The molecule has 0 bridgehead atoms. The zero-order valence-corrected chi connectivity index (χ0v) is 16.2. The second kappa shape index (κ2) is 10.8. The van der Waals surface area contributed by atoms with Crippen molar-refractivity contribution in [1.29, 1.82) is 0 Å². The molecule has 0 aliphatic carbocycles. The van der Waals surface area contributed by atoms with Gasteiger partial charge < -0.3 is 31.5 Å². The minimum absolute atomic E-state index is 0.220. The molecule has 1 aliphatic rings. The highest BCUT2D eigenvalue weighted by Crippen LogP contribution is 2.02. The molecule has 0 aromatic rings. The predicted molar refractivity (Wildman–Crippen MR) is 99.9 cm³/mol. The molecular weight excluding hydrogens is 416 g/mol. The van der Waals surface area contributed by atoms with Crippen molar-refractivity contribution in [1.82, 2.24) is 21.3 Å². The maximum absolute atomic E-state index is 12.2. The monoisotopic (exact) mass is 436 g/mol. The van der Waals surface area contributed by atoms with E-state index in [0.29, 0.717) is 0 Å². The van der Waals surface area contributed by atoms with Crippen LogP contribution in [0.3, 0.4) is 0 Å². The maximum atomic E-state index is 12.2. The molecule has 0 aromatic carbocycles. The summed E-state index contributed by atoms with van der Waals surface area (Å²) in [6, 6.07) is -5.80. The molecule has 1 heterocycles. The standard InChI is InChI=1S/C14H20N4O8S2/c19-9-1-5(13(23)24)17-11(21)8(4-28)16-10(20)2-6(14(25)26)18-12(22)7(3-27)15-9/h5-8,27-28H,1-4H2,(H,15,19)(H,16,20)(H,17,21)(H,18,22)(H,23,24)(H,25,26)/t5-,6-,7+,8+/m1/s1. The summed E-state index contributed by atoms with van der Waals surface area (Å²) in [6.07, 6.45) is -1.40. The summed E-state index contributed by atoms with van der Waals surface area (Å²) >= 11 is 7.80. The van der Waals surface area contributed by atoms with Gasteiger partial charge in [-0.05, 0) is 0 Å². The lowest BCUT2D eigenvalue weighted by Crippen LogP contribution is -2.57. The fourth-order valence-corrected chi connectivity index (χ4v) is 2.72. The van der Waals surface area contributed by atoms with Crippen molar-refractivity contribution >= 4 is 60.8 Å². The maximum Gasteiger partial charge on any atom is 0.326 e. The molecule has 0 radical (unpaired) electrons. The number of carbonyl (C=O) groups is 6. The smallest absolute Gasteiger partial charge is 0.326 e. The summed E-state index contributed by atoms with van der Waals surface area (Å²) in [5, 5.41) is 27.0. The number of carboxylic acids is 2. The second-order valence-electron chi connectivity index (χ2n) is 5.81. The zero-order chi connectivity index (χ0) is 21.4. The minimum Gasteiger partial charge on any atom is -0.480 e. The second-order valence-corrected chi connectivity index (χ2v) is 6.54. The van der Waals surface area contributed by atoms with Gasteiger partial charge in [-0.25, -0.2) is 9.59 Å². The number of amides is 4. The van der Waals surface area contributed by atoms with Crippen LogP contribution in [0.1, 0.15) is 12.8 Å². The van der Waals surface area contributed by atoms with E-state index in [2.05, 4.69) is 46.5 Å². The molecule has 1 rings (SSSR count). The van der Waals surface area contributed by atoms with E-state index in [4.69, 9.17) is 0 Å². The van der Waals surface area contributed by atoms with Crippen molar-refractivity contribution in [3.05, 3.63) is 0 Å². The van der Waals surface area contributed by atoms with Gasteiger partial charge in [-0.15, -0.1) is 0 Å².